The van der Waals surface area contributed by atoms with Crippen molar-refractivity contribution in [3.8, 4) is 5.75 Å². The fraction of sp³-hybridized carbons (Fsp3) is 0.400. The smallest absolute Gasteiger partial charge is 0.392 e. The molecule has 0 aliphatic carbocycles. The molecule has 6 heteroatoms. The zero-order chi connectivity index (χ0) is 12.2. The van der Waals surface area contributed by atoms with Gasteiger partial charge in [0.1, 0.15) is 11.6 Å². The topological polar surface area (TPSA) is 29.5 Å². The number of aliphatic hydroxyl groups is 1. The molecule has 0 spiro atoms. The van der Waals surface area contributed by atoms with E-state index in [0.29, 0.717) is 0 Å². The van der Waals surface area contributed by atoms with Gasteiger partial charge in [0.15, 0.2) is 0 Å². The lowest BCUT2D eigenvalue weighted by atomic mass is 10.2. The molecule has 0 bridgehead atoms. The summed E-state index contributed by atoms with van der Waals surface area (Å²) in [6.45, 7) is -0.967. The number of benzene rings is 1. The molecule has 1 aromatic rings. The van der Waals surface area contributed by atoms with E-state index in [9.17, 15) is 17.6 Å². The van der Waals surface area contributed by atoms with Crippen molar-refractivity contribution in [1.29, 1.82) is 0 Å². The van der Waals surface area contributed by atoms with E-state index in [1.165, 1.54) is 6.07 Å². The Balaban J connectivity index is 2.57. The van der Waals surface area contributed by atoms with Gasteiger partial charge in [0, 0.05) is 6.07 Å². The van der Waals surface area contributed by atoms with Crippen LogP contribution in [0.4, 0.5) is 17.6 Å². The first-order valence-corrected chi connectivity index (χ1v) is 4.50. The van der Waals surface area contributed by atoms with Crippen LogP contribution in [0.3, 0.4) is 0 Å². The molecule has 1 rings (SSSR count). The van der Waals surface area contributed by atoms with Crippen LogP contribution in [-0.4, -0.2) is 17.9 Å². The van der Waals surface area contributed by atoms with E-state index in [2.05, 4.69) is 0 Å². The Morgan fingerprint density at radius 1 is 1.19 bits per heavy atom. The van der Waals surface area contributed by atoms with Gasteiger partial charge in [-0.25, -0.2) is 4.39 Å². The molecule has 0 aliphatic heterocycles. The number of alkyl halides is 3. The van der Waals surface area contributed by atoms with Crippen molar-refractivity contribution in [3.63, 3.8) is 0 Å². The van der Waals surface area contributed by atoms with Crippen LogP contribution in [0, 0.1) is 5.82 Å². The zero-order valence-electron chi connectivity index (χ0n) is 8.22. The molecule has 0 aliphatic rings. The standard InChI is InChI=1S/C10H10F4O2/c11-8-3-7(6-15)4-9(5-8)16-2-1-10(12,13)14/h3-5,15H,1-2,6H2. The van der Waals surface area contributed by atoms with E-state index < -0.39 is 31.6 Å². The van der Waals surface area contributed by atoms with Crippen molar-refractivity contribution in [2.75, 3.05) is 6.61 Å². The summed E-state index contributed by atoms with van der Waals surface area (Å²) < 4.78 is 53.0. The minimum absolute atomic E-state index is 0.0201. The van der Waals surface area contributed by atoms with Gasteiger partial charge in [0.2, 0.25) is 0 Å². The highest BCUT2D eigenvalue weighted by atomic mass is 19.4. The van der Waals surface area contributed by atoms with Crippen molar-refractivity contribution in [2.24, 2.45) is 0 Å². The van der Waals surface area contributed by atoms with Gasteiger partial charge < -0.3 is 9.84 Å². The van der Waals surface area contributed by atoms with Crippen molar-refractivity contribution >= 4 is 0 Å². The van der Waals surface area contributed by atoms with Crippen LogP contribution < -0.4 is 4.74 Å². The maximum absolute atomic E-state index is 12.9. The Labute approximate surface area is 89.5 Å². The Morgan fingerprint density at radius 2 is 1.88 bits per heavy atom. The van der Waals surface area contributed by atoms with Crippen LogP contribution in [0.2, 0.25) is 0 Å². The molecule has 0 fully saturated rings. The second kappa shape index (κ2) is 5.16. The van der Waals surface area contributed by atoms with E-state index >= 15 is 0 Å². The van der Waals surface area contributed by atoms with E-state index in [1.54, 1.807) is 0 Å². The largest absolute Gasteiger partial charge is 0.493 e. The van der Waals surface area contributed by atoms with E-state index in [0.717, 1.165) is 12.1 Å². The highest BCUT2D eigenvalue weighted by Crippen LogP contribution is 2.21. The minimum Gasteiger partial charge on any atom is -0.493 e. The van der Waals surface area contributed by atoms with E-state index in [-0.39, 0.29) is 11.3 Å². The van der Waals surface area contributed by atoms with Gasteiger partial charge in [-0.1, -0.05) is 0 Å². The summed E-state index contributed by atoms with van der Waals surface area (Å²) in [6, 6.07) is 3.34. The Bertz CT molecular complexity index is 349. The Kier molecular flexibility index (Phi) is 4.12. The molecule has 0 amide bonds. The second-order valence-electron chi connectivity index (χ2n) is 3.17. The molecule has 0 atom stereocenters. The summed E-state index contributed by atoms with van der Waals surface area (Å²) in [5.74, 6) is -0.679. The summed E-state index contributed by atoms with van der Waals surface area (Å²) in [6.07, 6.45) is -5.40. The fourth-order valence-electron chi connectivity index (χ4n) is 1.08. The minimum atomic E-state index is -4.30. The highest BCUT2D eigenvalue weighted by molar-refractivity contribution is 5.29. The molecule has 0 saturated heterocycles. The lowest BCUT2D eigenvalue weighted by molar-refractivity contribution is -0.139. The monoisotopic (exact) mass is 238 g/mol. The van der Waals surface area contributed by atoms with E-state index in [4.69, 9.17) is 9.84 Å². The molecule has 16 heavy (non-hydrogen) atoms. The van der Waals surface area contributed by atoms with Crippen molar-refractivity contribution in [2.45, 2.75) is 19.2 Å². The van der Waals surface area contributed by atoms with Crippen LogP contribution in [0.5, 0.6) is 5.75 Å². The van der Waals surface area contributed by atoms with Crippen LogP contribution in [-0.2, 0) is 6.61 Å². The van der Waals surface area contributed by atoms with Crippen molar-refractivity contribution in [3.05, 3.63) is 29.6 Å². The second-order valence-corrected chi connectivity index (χ2v) is 3.17. The average molecular weight is 238 g/mol. The summed E-state index contributed by atoms with van der Waals surface area (Å²) in [4.78, 5) is 0. The first kappa shape index (κ1) is 12.8. The number of rotatable bonds is 4. The van der Waals surface area contributed by atoms with Crippen LogP contribution in [0.15, 0.2) is 18.2 Å². The summed E-state index contributed by atoms with van der Waals surface area (Å²) >= 11 is 0. The maximum Gasteiger partial charge on any atom is 0.392 e. The molecule has 0 saturated carbocycles. The molecule has 0 unspecified atom stereocenters. The SMILES string of the molecule is OCc1cc(F)cc(OCCC(F)(F)F)c1. The number of aliphatic hydroxyl groups excluding tert-OH is 1. The first-order chi connectivity index (χ1) is 7.40. The molecular formula is C10H10F4O2. The van der Waals surface area contributed by atoms with Crippen molar-refractivity contribution in [1.82, 2.24) is 0 Å². The third kappa shape index (κ3) is 4.48. The average Bonchev–Trinajstić information content (AvgIpc) is 2.14. The molecule has 0 radical (unpaired) electrons. The summed E-state index contributed by atoms with van der Waals surface area (Å²) in [5.41, 5.74) is 0.252. The predicted molar refractivity (Wildman–Crippen MR) is 48.5 cm³/mol. The fourth-order valence-corrected chi connectivity index (χ4v) is 1.08. The normalized spacial score (nSPS) is 11.6. The van der Waals surface area contributed by atoms with Gasteiger partial charge in [-0.05, 0) is 17.7 Å². The molecule has 0 heterocycles. The van der Waals surface area contributed by atoms with Crippen LogP contribution in [0.1, 0.15) is 12.0 Å². The van der Waals surface area contributed by atoms with Gasteiger partial charge in [-0.3, -0.25) is 0 Å². The third-order valence-corrected chi connectivity index (χ3v) is 1.77. The predicted octanol–water partition coefficient (Wildman–Crippen LogP) is 2.65. The number of halogens is 4. The molecule has 1 aromatic carbocycles. The van der Waals surface area contributed by atoms with Gasteiger partial charge in [0.05, 0.1) is 19.6 Å². The summed E-state index contributed by atoms with van der Waals surface area (Å²) in [5, 5.41) is 8.74. The van der Waals surface area contributed by atoms with Crippen LogP contribution in [0.25, 0.3) is 0 Å². The lowest BCUT2D eigenvalue weighted by Crippen LogP contribution is -2.13. The van der Waals surface area contributed by atoms with Gasteiger partial charge in [-0.15, -0.1) is 0 Å². The molecule has 2 nitrogen and oxygen atoms in total. The highest BCUT2D eigenvalue weighted by Gasteiger charge is 2.26. The van der Waals surface area contributed by atoms with Crippen molar-refractivity contribution < 1.29 is 27.4 Å². The van der Waals surface area contributed by atoms with Gasteiger partial charge in [0.25, 0.3) is 0 Å². The molecule has 0 aromatic heterocycles. The van der Waals surface area contributed by atoms with E-state index in [1.807, 2.05) is 0 Å². The van der Waals surface area contributed by atoms with Gasteiger partial charge >= 0.3 is 6.18 Å². The van der Waals surface area contributed by atoms with Gasteiger partial charge in [-0.2, -0.15) is 13.2 Å². The quantitative estimate of drug-likeness (QED) is 0.817. The molecule has 90 valence electrons. The zero-order valence-corrected chi connectivity index (χ0v) is 8.22. The Morgan fingerprint density at radius 3 is 2.44 bits per heavy atom. The molecule has 1 N–H and O–H groups in total. The number of ether oxygens (including phenoxy) is 1. The number of hydrogen-bond acceptors (Lipinski definition) is 2. The van der Waals surface area contributed by atoms with Crippen LogP contribution >= 0.6 is 0 Å². The number of hydrogen-bond donors (Lipinski definition) is 1. The Hall–Kier alpha value is -1.30. The summed E-state index contributed by atoms with van der Waals surface area (Å²) in [7, 11) is 0. The lowest BCUT2D eigenvalue weighted by Gasteiger charge is -2.09. The first-order valence-electron chi connectivity index (χ1n) is 4.50. The maximum atomic E-state index is 12.9. The third-order valence-electron chi connectivity index (χ3n) is 1.77. The molecular weight excluding hydrogens is 228 g/mol.